The van der Waals surface area contributed by atoms with Crippen molar-refractivity contribution in [2.75, 3.05) is 11.9 Å². The van der Waals surface area contributed by atoms with Crippen molar-refractivity contribution in [1.82, 2.24) is 15.0 Å². The van der Waals surface area contributed by atoms with Gasteiger partial charge in [0.15, 0.2) is 10.5 Å². The van der Waals surface area contributed by atoms with Crippen LogP contribution in [-0.4, -0.2) is 21.5 Å². The second-order valence-corrected chi connectivity index (χ2v) is 5.35. The molecule has 0 saturated heterocycles. The molecule has 0 saturated carbocycles. The van der Waals surface area contributed by atoms with E-state index in [0.29, 0.717) is 0 Å². The van der Waals surface area contributed by atoms with Gasteiger partial charge in [0.1, 0.15) is 0 Å². The molecule has 2 aromatic heterocycles. The van der Waals surface area contributed by atoms with Gasteiger partial charge < -0.3 is 5.32 Å². The Balaban J connectivity index is 1.65. The molecule has 0 radical (unpaired) electrons. The molecule has 3 aromatic rings. The standard InChI is InChI=1S/C14H14N4S/c1-10-4-2-3-5-11(10)15-7-6-12-18-13-14(19-12)17-9-8-16-13/h2-5,8-9,15H,6-7H2,1H3. The molecule has 0 fully saturated rings. The number of hydrogen-bond acceptors (Lipinski definition) is 5. The van der Waals surface area contributed by atoms with Crippen LogP contribution in [0, 0.1) is 6.92 Å². The molecule has 1 N–H and O–H groups in total. The van der Waals surface area contributed by atoms with Gasteiger partial charge >= 0.3 is 0 Å². The summed E-state index contributed by atoms with van der Waals surface area (Å²) in [5.41, 5.74) is 3.19. The highest BCUT2D eigenvalue weighted by molar-refractivity contribution is 7.18. The van der Waals surface area contributed by atoms with E-state index in [2.05, 4.69) is 39.3 Å². The Hall–Kier alpha value is -2.01. The maximum Gasteiger partial charge on any atom is 0.189 e. The summed E-state index contributed by atoms with van der Waals surface area (Å²) in [4.78, 5) is 13.8. The minimum Gasteiger partial charge on any atom is -0.384 e. The number of nitrogens with zero attached hydrogens (tertiary/aromatic N) is 3. The average Bonchev–Trinajstić information content (AvgIpc) is 2.83. The van der Waals surface area contributed by atoms with Gasteiger partial charge in [-0.3, -0.25) is 0 Å². The van der Waals surface area contributed by atoms with Crippen molar-refractivity contribution in [2.24, 2.45) is 0 Å². The lowest BCUT2D eigenvalue weighted by molar-refractivity contribution is 0.998. The predicted octanol–water partition coefficient (Wildman–Crippen LogP) is 3.05. The van der Waals surface area contributed by atoms with Gasteiger partial charge in [-0.05, 0) is 18.6 Å². The van der Waals surface area contributed by atoms with Gasteiger partial charge in [-0.15, -0.1) is 0 Å². The van der Waals surface area contributed by atoms with E-state index in [0.717, 1.165) is 28.5 Å². The monoisotopic (exact) mass is 270 g/mol. The van der Waals surface area contributed by atoms with Crippen molar-refractivity contribution in [3.05, 3.63) is 47.2 Å². The fourth-order valence-corrected chi connectivity index (χ4v) is 2.76. The van der Waals surface area contributed by atoms with Crippen LogP contribution >= 0.6 is 11.3 Å². The number of thiazole rings is 1. The van der Waals surface area contributed by atoms with Gasteiger partial charge in [0.25, 0.3) is 0 Å². The molecule has 2 heterocycles. The number of para-hydroxylation sites is 1. The van der Waals surface area contributed by atoms with Gasteiger partial charge in [0.2, 0.25) is 0 Å². The lowest BCUT2D eigenvalue weighted by Crippen LogP contribution is -2.05. The van der Waals surface area contributed by atoms with Gasteiger partial charge in [0, 0.05) is 31.0 Å². The maximum atomic E-state index is 4.47. The largest absolute Gasteiger partial charge is 0.384 e. The van der Waals surface area contributed by atoms with Crippen LogP contribution in [0.3, 0.4) is 0 Å². The summed E-state index contributed by atoms with van der Waals surface area (Å²) < 4.78 is 0. The first-order valence-corrected chi connectivity index (χ1v) is 7.00. The predicted molar refractivity (Wildman–Crippen MR) is 78.6 cm³/mol. The van der Waals surface area contributed by atoms with E-state index in [9.17, 15) is 0 Å². The second-order valence-electron chi connectivity index (χ2n) is 4.28. The fraction of sp³-hybridized carbons (Fsp3) is 0.214. The van der Waals surface area contributed by atoms with E-state index in [4.69, 9.17) is 0 Å². The van der Waals surface area contributed by atoms with Crippen LogP contribution in [0.25, 0.3) is 10.5 Å². The van der Waals surface area contributed by atoms with Crippen LogP contribution in [0.15, 0.2) is 36.7 Å². The Kier molecular flexibility index (Phi) is 3.37. The highest BCUT2D eigenvalue weighted by Crippen LogP contribution is 2.18. The molecule has 1 aromatic carbocycles. The third kappa shape index (κ3) is 2.71. The summed E-state index contributed by atoms with van der Waals surface area (Å²) in [6.07, 6.45) is 4.27. The van der Waals surface area contributed by atoms with E-state index < -0.39 is 0 Å². The summed E-state index contributed by atoms with van der Waals surface area (Å²) in [6.45, 7) is 2.97. The Morgan fingerprint density at radius 3 is 2.84 bits per heavy atom. The van der Waals surface area contributed by atoms with E-state index in [1.807, 2.05) is 12.1 Å². The van der Waals surface area contributed by atoms with Gasteiger partial charge in [-0.1, -0.05) is 29.5 Å². The normalized spacial score (nSPS) is 10.8. The van der Waals surface area contributed by atoms with Crippen LogP contribution in [-0.2, 0) is 6.42 Å². The first-order valence-electron chi connectivity index (χ1n) is 6.19. The van der Waals surface area contributed by atoms with Gasteiger partial charge in [-0.2, -0.15) is 0 Å². The number of rotatable bonds is 4. The minimum atomic E-state index is 0.749. The molecule has 96 valence electrons. The molecule has 0 aliphatic carbocycles. The third-order valence-corrected chi connectivity index (χ3v) is 3.90. The molecule has 0 bridgehead atoms. The highest BCUT2D eigenvalue weighted by Gasteiger charge is 2.05. The number of hydrogen-bond donors (Lipinski definition) is 1. The summed E-state index contributed by atoms with van der Waals surface area (Å²) >= 11 is 1.61. The molecule has 0 spiro atoms. The van der Waals surface area contributed by atoms with Gasteiger partial charge in [0.05, 0.1) is 5.01 Å². The van der Waals surface area contributed by atoms with Crippen molar-refractivity contribution in [3.63, 3.8) is 0 Å². The summed E-state index contributed by atoms with van der Waals surface area (Å²) in [5.74, 6) is 0. The van der Waals surface area contributed by atoms with Crippen LogP contribution in [0.4, 0.5) is 5.69 Å². The summed E-state index contributed by atoms with van der Waals surface area (Å²) in [6, 6.07) is 8.29. The van der Waals surface area contributed by atoms with E-state index in [1.54, 1.807) is 23.7 Å². The van der Waals surface area contributed by atoms with Crippen molar-refractivity contribution in [2.45, 2.75) is 13.3 Å². The maximum absolute atomic E-state index is 4.47. The summed E-state index contributed by atoms with van der Waals surface area (Å²) in [5, 5.41) is 4.50. The number of fused-ring (bicyclic) bond motifs is 1. The number of benzene rings is 1. The number of anilines is 1. The molecular weight excluding hydrogens is 256 g/mol. The Bertz CT molecular complexity index is 659. The SMILES string of the molecule is Cc1ccccc1NCCc1nc2nccnc2s1. The highest BCUT2D eigenvalue weighted by atomic mass is 32.1. The van der Waals surface area contributed by atoms with Crippen molar-refractivity contribution >= 4 is 27.5 Å². The van der Waals surface area contributed by atoms with Crippen LogP contribution in [0.5, 0.6) is 0 Å². The first kappa shape index (κ1) is 12.0. The molecule has 0 amide bonds. The molecule has 5 heteroatoms. The zero-order valence-electron chi connectivity index (χ0n) is 10.6. The van der Waals surface area contributed by atoms with Gasteiger partial charge in [-0.25, -0.2) is 15.0 Å². The van der Waals surface area contributed by atoms with E-state index in [1.165, 1.54) is 11.3 Å². The van der Waals surface area contributed by atoms with Crippen LogP contribution in [0.1, 0.15) is 10.6 Å². The van der Waals surface area contributed by atoms with Crippen molar-refractivity contribution in [1.29, 1.82) is 0 Å². The Labute approximate surface area is 115 Å². The Morgan fingerprint density at radius 2 is 2.00 bits per heavy atom. The lowest BCUT2D eigenvalue weighted by atomic mass is 10.2. The quantitative estimate of drug-likeness (QED) is 0.791. The zero-order chi connectivity index (χ0) is 13.1. The van der Waals surface area contributed by atoms with E-state index >= 15 is 0 Å². The molecule has 0 atom stereocenters. The molecule has 3 rings (SSSR count). The molecule has 4 nitrogen and oxygen atoms in total. The average molecular weight is 270 g/mol. The number of aryl methyl sites for hydroxylation is 1. The second kappa shape index (κ2) is 5.32. The van der Waals surface area contributed by atoms with Crippen molar-refractivity contribution < 1.29 is 0 Å². The van der Waals surface area contributed by atoms with Crippen molar-refractivity contribution in [3.8, 4) is 0 Å². The van der Waals surface area contributed by atoms with Crippen LogP contribution in [0.2, 0.25) is 0 Å². The lowest BCUT2D eigenvalue weighted by Gasteiger charge is -2.07. The molecule has 0 aliphatic rings. The smallest absolute Gasteiger partial charge is 0.189 e. The zero-order valence-corrected chi connectivity index (χ0v) is 11.4. The number of nitrogens with one attached hydrogen (secondary N) is 1. The number of aromatic nitrogens is 3. The summed E-state index contributed by atoms with van der Waals surface area (Å²) in [7, 11) is 0. The third-order valence-electron chi connectivity index (χ3n) is 2.89. The first-order chi connectivity index (χ1) is 9.33. The fourth-order valence-electron chi connectivity index (χ4n) is 1.90. The molecular formula is C14H14N4S. The van der Waals surface area contributed by atoms with Crippen LogP contribution < -0.4 is 5.32 Å². The topological polar surface area (TPSA) is 50.7 Å². The Morgan fingerprint density at radius 1 is 1.16 bits per heavy atom. The molecule has 19 heavy (non-hydrogen) atoms. The minimum absolute atomic E-state index is 0.749. The molecule has 0 unspecified atom stereocenters. The van der Waals surface area contributed by atoms with E-state index in [-0.39, 0.29) is 0 Å². The molecule has 0 aliphatic heterocycles.